The van der Waals surface area contributed by atoms with Crippen LogP contribution in [0.2, 0.25) is 0 Å². The van der Waals surface area contributed by atoms with Crippen molar-refractivity contribution < 1.29 is 37.1 Å². The molecule has 4 aliphatic heterocycles. The summed E-state index contributed by atoms with van der Waals surface area (Å²) in [5.41, 5.74) is 0.520. The molecule has 4 fully saturated rings. The van der Waals surface area contributed by atoms with Gasteiger partial charge in [0.25, 0.3) is 17.7 Å². The number of carbonyl (C=O) groups excluding carboxylic acids is 5. The first-order valence-corrected chi connectivity index (χ1v) is 18.1. The van der Waals surface area contributed by atoms with E-state index >= 15 is 0 Å². The van der Waals surface area contributed by atoms with E-state index in [1.54, 1.807) is 38.4 Å². The summed E-state index contributed by atoms with van der Waals surface area (Å²) < 4.78 is 41.9. The molecule has 1 saturated carbocycles. The Morgan fingerprint density at radius 2 is 1.69 bits per heavy atom. The molecule has 5 aliphatic rings. The van der Waals surface area contributed by atoms with Crippen LogP contribution in [-0.2, 0) is 26.1 Å². The Balaban J connectivity index is 0.844. The second-order valence-electron chi connectivity index (χ2n) is 15.5. The molecule has 2 aromatic carbocycles. The molecular formula is C39H37F3N8O5. The molecule has 8 rings (SSSR count). The third-order valence-corrected chi connectivity index (χ3v) is 11.6. The average Bonchev–Trinajstić information content (AvgIpc) is 3.90. The van der Waals surface area contributed by atoms with E-state index in [0.717, 1.165) is 67.3 Å². The number of aromatic nitrogens is 2. The normalized spacial score (nSPS) is 24.0. The summed E-state index contributed by atoms with van der Waals surface area (Å²) in [6.45, 7) is 6.84. The monoisotopic (exact) mass is 754 g/mol. The van der Waals surface area contributed by atoms with Gasteiger partial charge in [-0.1, -0.05) is 17.7 Å². The highest BCUT2D eigenvalue weighted by Gasteiger charge is 2.46. The van der Waals surface area contributed by atoms with E-state index in [2.05, 4.69) is 31.6 Å². The number of fused-ring (bicyclic) bond motifs is 2. The van der Waals surface area contributed by atoms with Gasteiger partial charge in [0.2, 0.25) is 11.8 Å². The summed E-state index contributed by atoms with van der Waals surface area (Å²) in [5, 5.41) is 18.3. The zero-order valence-corrected chi connectivity index (χ0v) is 30.0. The molecule has 3 atom stereocenters. The Hall–Kier alpha value is -5.82. The molecule has 16 heteroatoms. The van der Waals surface area contributed by atoms with Gasteiger partial charge in [0.15, 0.2) is 0 Å². The molecule has 3 aromatic rings. The standard InChI is InChI=1S/C39H37F3N8O5/c1-38(2,37(55)45-26-5-4-23(14-43)31(13-26)39(40,41)42)49-20-28(15-44-49)48-18-24-16-47(17-25(24)19-48)27-10-22(11-27)9-21-3-6-29-30(12-21)36(54)50(35(29)53)32-7-8-33(51)46-34(32)52/h3-6,9,12-13,15,20,24-25,27,32H,7-8,10-11,16-19H2,1-2H3,(H,45,55)(H,46,51,52). The summed E-state index contributed by atoms with van der Waals surface area (Å²) in [4.78, 5) is 69.3. The molecule has 3 saturated heterocycles. The number of alkyl halides is 3. The fourth-order valence-electron chi connectivity index (χ4n) is 8.40. The van der Waals surface area contributed by atoms with Gasteiger partial charge in [0, 0.05) is 50.5 Å². The second kappa shape index (κ2) is 13.2. The number of imide groups is 2. The van der Waals surface area contributed by atoms with Gasteiger partial charge in [-0.2, -0.15) is 23.5 Å². The summed E-state index contributed by atoms with van der Waals surface area (Å²) >= 11 is 0. The van der Waals surface area contributed by atoms with Crippen molar-refractivity contribution in [3.63, 3.8) is 0 Å². The Kier molecular flexibility index (Phi) is 8.67. The van der Waals surface area contributed by atoms with Crippen molar-refractivity contribution >= 4 is 47.0 Å². The second-order valence-corrected chi connectivity index (χ2v) is 15.5. The van der Waals surface area contributed by atoms with Crippen LogP contribution in [0.4, 0.5) is 24.5 Å². The van der Waals surface area contributed by atoms with Crippen LogP contribution in [0.1, 0.15) is 76.9 Å². The van der Waals surface area contributed by atoms with Crippen molar-refractivity contribution in [2.75, 3.05) is 36.4 Å². The summed E-state index contributed by atoms with van der Waals surface area (Å²) in [7, 11) is 0. The average molecular weight is 755 g/mol. The largest absolute Gasteiger partial charge is 0.417 e. The minimum atomic E-state index is -4.74. The van der Waals surface area contributed by atoms with Gasteiger partial charge in [0.1, 0.15) is 11.6 Å². The predicted octanol–water partition coefficient (Wildman–Crippen LogP) is 4.16. The van der Waals surface area contributed by atoms with E-state index < -0.39 is 58.4 Å². The lowest BCUT2D eigenvalue weighted by molar-refractivity contribution is -0.138. The molecule has 55 heavy (non-hydrogen) atoms. The van der Waals surface area contributed by atoms with Crippen LogP contribution in [0.5, 0.6) is 0 Å². The van der Waals surface area contributed by atoms with E-state index in [1.807, 2.05) is 6.07 Å². The molecular weight excluding hydrogens is 717 g/mol. The van der Waals surface area contributed by atoms with Gasteiger partial charge in [-0.05, 0) is 80.8 Å². The molecule has 5 amide bonds. The Morgan fingerprint density at radius 1 is 0.982 bits per heavy atom. The van der Waals surface area contributed by atoms with Crippen LogP contribution >= 0.6 is 0 Å². The van der Waals surface area contributed by atoms with Gasteiger partial charge in [-0.15, -0.1) is 0 Å². The Labute approximate surface area is 313 Å². The number of hydrogen-bond acceptors (Lipinski definition) is 9. The highest BCUT2D eigenvalue weighted by Crippen LogP contribution is 2.41. The maximum atomic E-state index is 13.5. The van der Waals surface area contributed by atoms with Crippen LogP contribution in [0, 0.1) is 23.2 Å². The molecule has 284 valence electrons. The molecule has 2 N–H and O–H groups in total. The minimum absolute atomic E-state index is 0.0674. The maximum Gasteiger partial charge on any atom is 0.417 e. The molecule has 5 heterocycles. The number of benzene rings is 2. The fourth-order valence-corrected chi connectivity index (χ4v) is 8.40. The summed E-state index contributed by atoms with van der Waals surface area (Å²) in [5.74, 6) is -1.74. The summed E-state index contributed by atoms with van der Waals surface area (Å²) in [6.07, 6.45) is 2.79. The van der Waals surface area contributed by atoms with Crippen molar-refractivity contribution in [2.45, 2.75) is 63.3 Å². The van der Waals surface area contributed by atoms with Crippen molar-refractivity contribution in [3.05, 3.63) is 82.2 Å². The molecule has 3 unspecified atom stereocenters. The van der Waals surface area contributed by atoms with Crippen molar-refractivity contribution in [2.24, 2.45) is 11.8 Å². The van der Waals surface area contributed by atoms with E-state index in [0.29, 0.717) is 17.9 Å². The number of rotatable bonds is 7. The number of halogens is 3. The van der Waals surface area contributed by atoms with Gasteiger partial charge in [-0.25, -0.2) is 0 Å². The fraction of sp³-hybridized carbons (Fsp3) is 0.410. The van der Waals surface area contributed by atoms with Crippen LogP contribution in [0.15, 0.2) is 54.4 Å². The van der Waals surface area contributed by atoms with Crippen LogP contribution in [0.3, 0.4) is 0 Å². The lowest BCUT2D eigenvalue weighted by atomic mass is 9.84. The number of carbonyl (C=O) groups is 5. The smallest absolute Gasteiger partial charge is 0.368 e. The number of anilines is 2. The number of amides is 5. The quantitative estimate of drug-likeness (QED) is 0.338. The molecule has 13 nitrogen and oxygen atoms in total. The van der Waals surface area contributed by atoms with E-state index in [4.69, 9.17) is 5.26 Å². The predicted molar refractivity (Wildman–Crippen MR) is 191 cm³/mol. The summed E-state index contributed by atoms with van der Waals surface area (Å²) in [6, 6.07) is 9.16. The van der Waals surface area contributed by atoms with E-state index in [-0.39, 0.29) is 29.7 Å². The molecule has 0 radical (unpaired) electrons. The van der Waals surface area contributed by atoms with Crippen LogP contribution in [0.25, 0.3) is 6.08 Å². The Bertz CT molecular complexity index is 2220. The third-order valence-electron chi connectivity index (χ3n) is 11.6. The van der Waals surface area contributed by atoms with Crippen molar-refractivity contribution in [1.82, 2.24) is 24.9 Å². The van der Waals surface area contributed by atoms with E-state index in [1.165, 1.54) is 22.4 Å². The lowest BCUT2D eigenvalue weighted by Gasteiger charge is -2.38. The number of nitrogens with one attached hydrogen (secondary N) is 2. The highest BCUT2D eigenvalue weighted by molar-refractivity contribution is 6.23. The minimum Gasteiger partial charge on any atom is -0.368 e. The number of nitrogens with zero attached hydrogens (tertiary/aromatic N) is 6. The number of nitriles is 1. The first-order chi connectivity index (χ1) is 26.1. The zero-order chi connectivity index (χ0) is 39.0. The first kappa shape index (κ1) is 36.2. The molecule has 0 bridgehead atoms. The zero-order valence-electron chi connectivity index (χ0n) is 30.0. The van der Waals surface area contributed by atoms with Gasteiger partial charge < -0.3 is 10.2 Å². The van der Waals surface area contributed by atoms with Gasteiger partial charge in [0.05, 0.1) is 40.2 Å². The molecule has 1 aliphatic carbocycles. The Morgan fingerprint density at radius 3 is 2.36 bits per heavy atom. The maximum absolute atomic E-state index is 13.5. The number of hydrogen-bond donors (Lipinski definition) is 2. The van der Waals surface area contributed by atoms with Crippen LogP contribution < -0.4 is 15.5 Å². The van der Waals surface area contributed by atoms with Crippen molar-refractivity contribution in [1.29, 1.82) is 5.26 Å². The topological polar surface area (TPSA) is 161 Å². The van der Waals surface area contributed by atoms with E-state index in [9.17, 15) is 37.1 Å². The van der Waals surface area contributed by atoms with Gasteiger partial charge in [-0.3, -0.25) is 43.8 Å². The number of likely N-dealkylation sites (tertiary alicyclic amines) is 1. The molecule has 1 aromatic heterocycles. The van der Waals surface area contributed by atoms with Crippen molar-refractivity contribution in [3.8, 4) is 6.07 Å². The third kappa shape index (κ3) is 6.45. The van der Waals surface area contributed by atoms with Crippen LogP contribution in [-0.4, -0.2) is 87.4 Å². The van der Waals surface area contributed by atoms with Gasteiger partial charge >= 0.3 is 6.18 Å². The highest BCUT2D eigenvalue weighted by atomic mass is 19.4. The first-order valence-electron chi connectivity index (χ1n) is 18.1. The SMILES string of the molecule is CC(C)(C(=O)Nc1ccc(C#N)c(C(F)(F)F)c1)n1cc(N2CC3CN(C4CC(=Cc5ccc6c(c5)C(=O)N(C5CCC(=O)NC5=O)C6=O)C4)CC3C2)cn1. The lowest BCUT2D eigenvalue weighted by Crippen LogP contribution is -2.54. The number of piperidine rings is 1. The molecule has 0 spiro atoms.